The maximum Gasteiger partial charge on any atom is 0.335 e. The number of carboxylic acids is 1. The Kier molecular flexibility index (Phi) is 9.85. The molecule has 0 aromatic heterocycles. The maximum absolute atomic E-state index is 12.5. The molecular formula is C27H20BrCl3O5. The zero-order chi connectivity index (χ0) is 26.4. The number of hydrogen-bond acceptors (Lipinski definition) is 4. The number of carbonyl (C=O) groups excluding carboxylic acids is 3. The number of alkyl halides is 3. The van der Waals surface area contributed by atoms with Gasteiger partial charge in [0.05, 0.1) is 5.56 Å². The van der Waals surface area contributed by atoms with Crippen LogP contribution in [0.2, 0.25) is 0 Å². The number of rotatable bonds is 3. The number of fused-ring (bicyclic) bond motifs is 2. The summed E-state index contributed by atoms with van der Waals surface area (Å²) in [6, 6.07) is 17.5. The fourth-order valence-corrected chi connectivity index (χ4v) is 4.42. The van der Waals surface area contributed by atoms with E-state index in [2.05, 4.69) is 15.9 Å². The normalized spacial score (nSPS) is 13.2. The van der Waals surface area contributed by atoms with Gasteiger partial charge in [-0.05, 0) is 54.3 Å². The first-order valence-electron chi connectivity index (χ1n) is 10.9. The molecule has 0 spiro atoms. The van der Waals surface area contributed by atoms with Gasteiger partial charge >= 0.3 is 5.97 Å². The van der Waals surface area contributed by atoms with Gasteiger partial charge in [0.25, 0.3) is 0 Å². The van der Waals surface area contributed by atoms with Gasteiger partial charge in [-0.1, -0.05) is 81.1 Å². The molecule has 0 bridgehead atoms. The fourth-order valence-electron chi connectivity index (χ4n) is 4.15. The van der Waals surface area contributed by atoms with Crippen molar-refractivity contribution in [2.24, 2.45) is 0 Å². The molecule has 9 heteroatoms. The smallest absolute Gasteiger partial charge is 0.335 e. The van der Waals surface area contributed by atoms with Crippen LogP contribution in [0.4, 0.5) is 0 Å². The first-order chi connectivity index (χ1) is 17.1. The molecule has 0 amide bonds. The summed E-state index contributed by atoms with van der Waals surface area (Å²) in [4.78, 5) is 46.2. The van der Waals surface area contributed by atoms with Gasteiger partial charge in [-0.15, -0.1) is 0 Å². The fraction of sp³-hybridized carbons (Fsp3) is 0.185. The Hall–Kier alpha value is -2.51. The van der Waals surface area contributed by atoms with Gasteiger partial charge in [-0.3, -0.25) is 14.4 Å². The number of ketones is 3. The second-order valence-electron chi connectivity index (χ2n) is 7.90. The Labute approximate surface area is 231 Å². The molecule has 0 unspecified atom stereocenters. The van der Waals surface area contributed by atoms with Crippen LogP contribution in [0.1, 0.15) is 71.0 Å². The van der Waals surface area contributed by atoms with E-state index in [9.17, 15) is 19.2 Å². The first kappa shape index (κ1) is 28.1. The van der Waals surface area contributed by atoms with E-state index in [-0.39, 0.29) is 22.9 Å². The summed E-state index contributed by atoms with van der Waals surface area (Å²) in [6.07, 6.45) is 2.20. The molecular weight excluding hydrogens is 591 g/mol. The van der Waals surface area contributed by atoms with Crippen LogP contribution in [-0.4, -0.2) is 32.7 Å². The molecule has 0 saturated carbocycles. The SMILES string of the molecule is ClC(Cl)Cl.O=C(O)c1cccc2c1CCC2=O.O=C1CCc2c1cccc2C(=O)c1ccc(Br)cc1. The van der Waals surface area contributed by atoms with Crippen molar-refractivity contribution < 1.29 is 24.3 Å². The van der Waals surface area contributed by atoms with Gasteiger partial charge in [-0.25, -0.2) is 4.79 Å². The molecule has 0 radical (unpaired) electrons. The summed E-state index contributed by atoms with van der Waals surface area (Å²) in [5, 5.41) is 8.82. The lowest BCUT2D eigenvalue weighted by Crippen LogP contribution is -2.05. The molecule has 3 aromatic rings. The first-order valence-corrected chi connectivity index (χ1v) is 13.0. The molecule has 0 saturated heterocycles. The van der Waals surface area contributed by atoms with Gasteiger partial charge in [0.2, 0.25) is 0 Å². The second kappa shape index (κ2) is 12.6. The monoisotopic (exact) mass is 608 g/mol. The summed E-state index contributed by atoms with van der Waals surface area (Å²) < 4.78 is 0.192. The minimum Gasteiger partial charge on any atom is -0.478 e. The lowest BCUT2D eigenvalue weighted by Gasteiger charge is -2.07. The van der Waals surface area contributed by atoms with Gasteiger partial charge in [-0.2, -0.15) is 0 Å². The number of halogens is 4. The van der Waals surface area contributed by atoms with Crippen molar-refractivity contribution in [2.75, 3.05) is 0 Å². The van der Waals surface area contributed by atoms with Crippen LogP contribution in [0.15, 0.2) is 65.1 Å². The van der Waals surface area contributed by atoms with E-state index in [4.69, 9.17) is 39.9 Å². The van der Waals surface area contributed by atoms with Crippen molar-refractivity contribution >= 4 is 74.1 Å². The van der Waals surface area contributed by atoms with Crippen LogP contribution in [-0.2, 0) is 12.8 Å². The standard InChI is InChI=1S/C16H11BrO2.C10H8O3.CHCl3/c17-11-6-4-10(5-7-11)16(19)14-3-1-2-13-12(14)8-9-15(13)18;11-9-5-4-6-7(9)2-1-3-8(6)10(12)13;2-1(3)4/h1-7H,8-9H2;1-3H,4-5H2,(H,12,13);1H. The highest BCUT2D eigenvalue weighted by Crippen LogP contribution is 2.27. The summed E-state index contributed by atoms with van der Waals surface area (Å²) in [5.41, 5.74) is 4.47. The Morgan fingerprint density at radius 2 is 1.17 bits per heavy atom. The third kappa shape index (κ3) is 6.83. The lowest BCUT2D eigenvalue weighted by atomic mass is 9.96. The third-order valence-corrected chi connectivity index (χ3v) is 6.27. The second-order valence-corrected chi connectivity index (χ2v) is 10.8. The van der Waals surface area contributed by atoms with E-state index in [0.29, 0.717) is 53.5 Å². The number of hydrogen-bond donors (Lipinski definition) is 1. The topological polar surface area (TPSA) is 88.5 Å². The van der Waals surface area contributed by atoms with Crippen LogP contribution in [0, 0.1) is 0 Å². The molecule has 0 aliphatic heterocycles. The Balaban J connectivity index is 0.000000184. The van der Waals surface area contributed by atoms with E-state index in [0.717, 1.165) is 10.0 Å². The number of benzene rings is 3. The third-order valence-electron chi connectivity index (χ3n) is 5.74. The van der Waals surface area contributed by atoms with Gasteiger partial charge in [0.15, 0.2) is 21.6 Å². The number of aromatic carboxylic acids is 1. The number of carboxylic acid groups (broad SMARTS) is 1. The van der Waals surface area contributed by atoms with Crippen molar-refractivity contribution in [1.29, 1.82) is 0 Å². The van der Waals surface area contributed by atoms with Crippen molar-refractivity contribution in [3.8, 4) is 0 Å². The van der Waals surface area contributed by atoms with Crippen LogP contribution < -0.4 is 0 Å². The van der Waals surface area contributed by atoms with Crippen LogP contribution in [0.25, 0.3) is 0 Å². The Morgan fingerprint density at radius 1 is 0.722 bits per heavy atom. The van der Waals surface area contributed by atoms with Crippen molar-refractivity contribution in [1.82, 2.24) is 0 Å². The van der Waals surface area contributed by atoms with Crippen molar-refractivity contribution in [2.45, 2.75) is 30.0 Å². The van der Waals surface area contributed by atoms with Crippen molar-refractivity contribution in [3.05, 3.63) is 104 Å². The van der Waals surface area contributed by atoms with E-state index >= 15 is 0 Å². The predicted molar refractivity (Wildman–Crippen MR) is 144 cm³/mol. The van der Waals surface area contributed by atoms with Gasteiger partial charge in [0.1, 0.15) is 0 Å². The lowest BCUT2D eigenvalue weighted by molar-refractivity contribution is 0.0695. The molecule has 0 heterocycles. The van der Waals surface area contributed by atoms with Gasteiger partial charge in [0, 0.05) is 39.6 Å². The zero-order valence-corrected chi connectivity index (χ0v) is 22.6. The average molecular weight is 611 g/mol. The Bertz CT molecular complexity index is 1320. The molecule has 3 aromatic carbocycles. The summed E-state index contributed by atoms with van der Waals surface area (Å²) in [7, 11) is 0. The summed E-state index contributed by atoms with van der Waals surface area (Å²) >= 11 is 17.8. The number of carbonyl (C=O) groups is 4. The molecule has 1 N–H and O–H groups in total. The predicted octanol–water partition coefficient (Wildman–Crippen LogP) is 7.31. The molecule has 186 valence electrons. The zero-order valence-electron chi connectivity index (χ0n) is 18.8. The van der Waals surface area contributed by atoms with Gasteiger partial charge < -0.3 is 5.11 Å². The van der Waals surface area contributed by atoms with Crippen LogP contribution >= 0.6 is 50.7 Å². The van der Waals surface area contributed by atoms with Crippen molar-refractivity contribution in [3.63, 3.8) is 0 Å². The molecule has 36 heavy (non-hydrogen) atoms. The molecule has 5 nitrogen and oxygen atoms in total. The van der Waals surface area contributed by atoms with E-state index in [1.165, 1.54) is 0 Å². The summed E-state index contributed by atoms with van der Waals surface area (Å²) in [5.74, 6) is -0.774. The summed E-state index contributed by atoms with van der Waals surface area (Å²) in [6.45, 7) is 0. The average Bonchev–Trinajstić information content (AvgIpc) is 3.42. The highest BCUT2D eigenvalue weighted by Gasteiger charge is 2.25. The van der Waals surface area contributed by atoms with E-state index in [1.807, 2.05) is 24.3 Å². The van der Waals surface area contributed by atoms with Crippen LogP contribution in [0.3, 0.4) is 0 Å². The highest BCUT2D eigenvalue weighted by molar-refractivity contribution is 9.10. The highest BCUT2D eigenvalue weighted by atomic mass is 79.9. The largest absolute Gasteiger partial charge is 0.478 e. The molecule has 0 fully saturated rings. The quantitative estimate of drug-likeness (QED) is 0.248. The minimum absolute atomic E-state index is 0.0148. The Morgan fingerprint density at radius 3 is 1.64 bits per heavy atom. The minimum atomic E-state index is -0.952. The molecule has 5 rings (SSSR count). The maximum atomic E-state index is 12.5. The molecule has 2 aliphatic rings. The van der Waals surface area contributed by atoms with E-state index in [1.54, 1.807) is 36.4 Å². The van der Waals surface area contributed by atoms with Crippen LogP contribution in [0.5, 0.6) is 0 Å². The van der Waals surface area contributed by atoms with E-state index < -0.39 is 10.3 Å². The molecule has 2 aliphatic carbocycles. The number of Topliss-reactive ketones (excluding diaryl/α,β-unsaturated/α-hetero) is 2. The molecule has 0 atom stereocenters.